The van der Waals surface area contributed by atoms with Gasteiger partial charge in [-0.15, -0.1) is 0 Å². The van der Waals surface area contributed by atoms with Crippen molar-refractivity contribution in [1.82, 2.24) is 24.5 Å². The molecule has 0 bridgehead atoms. The first-order valence-corrected chi connectivity index (χ1v) is 8.48. The number of aryl methyl sites for hydroxylation is 2. The topological polar surface area (TPSA) is 56.0 Å². The van der Waals surface area contributed by atoms with E-state index in [-0.39, 0.29) is 5.91 Å². The van der Waals surface area contributed by atoms with Gasteiger partial charge in [0.05, 0.1) is 17.6 Å². The Morgan fingerprint density at radius 1 is 1.23 bits per heavy atom. The van der Waals surface area contributed by atoms with Crippen LogP contribution in [0, 0.1) is 13.8 Å². The van der Waals surface area contributed by atoms with E-state index in [4.69, 9.17) is 0 Å². The van der Waals surface area contributed by atoms with E-state index in [1.165, 1.54) is 0 Å². The van der Waals surface area contributed by atoms with E-state index in [1.807, 2.05) is 62.1 Å². The molecule has 0 atom stereocenters. The molecule has 0 saturated heterocycles. The zero-order valence-electron chi connectivity index (χ0n) is 15.5. The highest BCUT2D eigenvalue weighted by Crippen LogP contribution is 2.19. The third-order valence-corrected chi connectivity index (χ3v) is 4.36. The van der Waals surface area contributed by atoms with Crippen LogP contribution in [-0.2, 0) is 18.4 Å². The molecule has 0 radical (unpaired) electrons. The Hall–Kier alpha value is -3.15. The van der Waals surface area contributed by atoms with Gasteiger partial charge in [-0.2, -0.15) is 10.2 Å². The molecule has 3 rings (SSSR count). The van der Waals surface area contributed by atoms with Gasteiger partial charge in [0, 0.05) is 49.7 Å². The number of amides is 1. The average molecular weight is 349 g/mol. The summed E-state index contributed by atoms with van der Waals surface area (Å²) in [5, 5.41) is 8.73. The first-order valence-electron chi connectivity index (χ1n) is 8.48. The van der Waals surface area contributed by atoms with Crippen molar-refractivity contribution >= 4 is 12.0 Å². The van der Waals surface area contributed by atoms with Crippen molar-refractivity contribution in [3.63, 3.8) is 0 Å². The highest BCUT2D eigenvalue weighted by Gasteiger charge is 2.16. The quantitative estimate of drug-likeness (QED) is 0.666. The number of carbonyl (C=O) groups excluding carboxylic acids is 1. The minimum atomic E-state index is -0.0554. The highest BCUT2D eigenvalue weighted by molar-refractivity contribution is 5.91. The van der Waals surface area contributed by atoms with Crippen LogP contribution in [0.2, 0.25) is 0 Å². The van der Waals surface area contributed by atoms with Crippen molar-refractivity contribution in [2.24, 2.45) is 7.05 Å². The first kappa shape index (κ1) is 17.7. The second-order valence-corrected chi connectivity index (χ2v) is 6.37. The average Bonchev–Trinajstić information content (AvgIpc) is 3.18. The fourth-order valence-corrected chi connectivity index (χ4v) is 2.86. The molecular weight excluding hydrogens is 326 g/mol. The summed E-state index contributed by atoms with van der Waals surface area (Å²) < 4.78 is 3.63. The molecule has 26 heavy (non-hydrogen) atoms. The molecule has 0 spiro atoms. The maximum absolute atomic E-state index is 12.4. The van der Waals surface area contributed by atoms with Gasteiger partial charge in [-0.05, 0) is 32.1 Å². The van der Waals surface area contributed by atoms with E-state index in [9.17, 15) is 4.79 Å². The van der Waals surface area contributed by atoms with E-state index in [0.717, 1.165) is 28.2 Å². The number of nitrogens with zero attached hydrogens (tertiary/aromatic N) is 5. The van der Waals surface area contributed by atoms with Crippen LogP contribution in [0.4, 0.5) is 0 Å². The predicted molar refractivity (Wildman–Crippen MR) is 102 cm³/mol. The monoisotopic (exact) mass is 349 g/mol. The molecule has 6 nitrogen and oxygen atoms in total. The Morgan fingerprint density at radius 2 is 1.96 bits per heavy atom. The summed E-state index contributed by atoms with van der Waals surface area (Å²) in [5.74, 6) is -0.0554. The largest absolute Gasteiger partial charge is 0.338 e. The molecule has 0 fully saturated rings. The number of para-hydroxylation sites is 1. The van der Waals surface area contributed by atoms with Crippen LogP contribution in [0.15, 0.2) is 48.8 Å². The lowest BCUT2D eigenvalue weighted by atomic mass is 10.2. The second-order valence-electron chi connectivity index (χ2n) is 6.37. The lowest BCUT2D eigenvalue weighted by molar-refractivity contribution is -0.125. The van der Waals surface area contributed by atoms with Crippen molar-refractivity contribution in [1.29, 1.82) is 0 Å². The summed E-state index contributed by atoms with van der Waals surface area (Å²) in [4.78, 5) is 14.1. The van der Waals surface area contributed by atoms with Gasteiger partial charge < -0.3 is 4.90 Å². The summed E-state index contributed by atoms with van der Waals surface area (Å²) in [6.07, 6.45) is 6.94. The minimum Gasteiger partial charge on any atom is -0.338 e. The van der Waals surface area contributed by atoms with Crippen LogP contribution in [0.5, 0.6) is 0 Å². The number of hydrogen-bond donors (Lipinski definition) is 0. The molecule has 0 aliphatic carbocycles. The molecule has 0 aliphatic rings. The highest BCUT2D eigenvalue weighted by atomic mass is 16.2. The van der Waals surface area contributed by atoms with E-state index in [0.29, 0.717) is 6.54 Å². The van der Waals surface area contributed by atoms with Crippen molar-refractivity contribution in [2.75, 3.05) is 7.05 Å². The predicted octanol–water partition coefficient (Wildman–Crippen LogP) is 2.89. The number of likely N-dealkylation sites (N-methyl/N-ethyl adjacent to an activating group) is 1. The van der Waals surface area contributed by atoms with Crippen molar-refractivity contribution in [3.8, 4) is 5.69 Å². The lowest BCUT2D eigenvalue weighted by Crippen LogP contribution is -2.24. The molecule has 134 valence electrons. The minimum absolute atomic E-state index is 0.0554. The number of rotatable bonds is 5. The molecule has 6 heteroatoms. The lowest BCUT2D eigenvalue weighted by Gasteiger charge is -2.15. The van der Waals surface area contributed by atoms with E-state index in [2.05, 4.69) is 10.2 Å². The summed E-state index contributed by atoms with van der Waals surface area (Å²) in [6, 6.07) is 10.0. The zero-order chi connectivity index (χ0) is 18.7. The van der Waals surface area contributed by atoms with E-state index >= 15 is 0 Å². The fraction of sp³-hybridized carbons (Fsp3) is 0.250. The van der Waals surface area contributed by atoms with Gasteiger partial charge in [0.1, 0.15) is 0 Å². The molecule has 2 aromatic heterocycles. The second kappa shape index (κ2) is 7.39. The molecule has 3 aromatic rings. The van der Waals surface area contributed by atoms with Gasteiger partial charge in [-0.3, -0.25) is 9.48 Å². The van der Waals surface area contributed by atoms with Crippen LogP contribution >= 0.6 is 0 Å². The first-order chi connectivity index (χ1) is 12.5. The normalized spacial score (nSPS) is 11.2. The van der Waals surface area contributed by atoms with Crippen molar-refractivity contribution < 1.29 is 4.79 Å². The SMILES string of the molecule is Cc1nn(-c2ccccc2)c(C)c1CN(C)C(=O)C=Cc1cnn(C)c1. The van der Waals surface area contributed by atoms with Crippen LogP contribution in [0.1, 0.15) is 22.5 Å². The standard InChI is InChI=1S/C20H23N5O/c1-15-19(16(2)25(22-15)18-8-6-5-7-9-18)14-23(3)20(26)11-10-17-12-21-24(4)13-17/h5-13H,14H2,1-4H3. The number of aromatic nitrogens is 4. The van der Waals surface area contributed by atoms with Gasteiger partial charge in [-0.1, -0.05) is 18.2 Å². The molecule has 0 unspecified atom stereocenters. The van der Waals surface area contributed by atoms with Gasteiger partial charge in [0.2, 0.25) is 5.91 Å². The Labute approximate surface area is 153 Å². The van der Waals surface area contributed by atoms with Crippen LogP contribution in [0.25, 0.3) is 11.8 Å². The summed E-state index contributed by atoms with van der Waals surface area (Å²) in [7, 11) is 3.65. The van der Waals surface area contributed by atoms with Crippen LogP contribution < -0.4 is 0 Å². The fourth-order valence-electron chi connectivity index (χ4n) is 2.86. The van der Waals surface area contributed by atoms with Crippen molar-refractivity contribution in [2.45, 2.75) is 20.4 Å². The summed E-state index contributed by atoms with van der Waals surface area (Å²) in [6.45, 7) is 4.53. The van der Waals surface area contributed by atoms with Crippen molar-refractivity contribution in [3.05, 3.63) is 71.3 Å². The van der Waals surface area contributed by atoms with E-state index in [1.54, 1.807) is 35.0 Å². The number of carbonyl (C=O) groups is 1. The van der Waals surface area contributed by atoms with Gasteiger partial charge >= 0.3 is 0 Å². The Bertz CT molecular complexity index is 937. The molecule has 1 amide bonds. The zero-order valence-corrected chi connectivity index (χ0v) is 15.5. The van der Waals surface area contributed by atoms with Gasteiger partial charge in [0.25, 0.3) is 0 Å². The maximum atomic E-state index is 12.4. The molecule has 0 saturated carbocycles. The molecule has 0 aliphatic heterocycles. The Morgan fingerprint density at radius 3 is 2.62 bits per heavy atom. The molecule has 2 heterocycles. The van der Waals surface area contributed by atoms with E-state index < -0.39 is 0 Å². The summed E-state index contributed by atoms with van der Waals surface area (Å²) in [5.41, 5.74) is 4.97. The van der Waals surface area contributed by atoms with Crippen LogP contribution in [-0.4, -0.2) is 37.4 Å². The number of hydrogen-bond acceptors (Lipinski definition) is 3. The van der Waals surface area contributed by atoms with Gasteiger partial charge in [-0.25, -0.2) is 4.68 Å². The van der Waals surface area contributed by atoms with Gasteiger partial charge in [0.15, 0.2) is 0 Å². The third-order valence-electron chi connectivity index (χ3n) is 4.36. The Kier molecular flexibility index (Phi) is 5.02. The van der Waals surface area contributed by atoms with Crippen LogP contribution in [0.3, 0.4) is 0 Å². The smallest absolute Gasteiger partial charge is 0.246 e. The molecular formula is C20H23N5O. The number of benzene rings is 1. The molecule has 0 N–H and O–H groups in total. The maximum Gasteiger partial charge on any atom is 0.246 e. The Balaban J connectivity index is 1.75. The third kappa shape index (κ3) is 3.74. The summed E-state index contributed by atoms with van der Waals surface area (Å²) >= 11 is 0. The molecule has 1 aromatic carbocycles.